The molecule has 0 aromatic heterocycles. The van der Waals surface area contributed by atoms with Crippen LogP contribution in [0.15, 0.2) is 54.6 Å². The highest BCUT2D eigenvalue weighted by molar-refractivity contribution is 5.97. The Morgan fingerprint density at radius 3 is 2.54 bits per heavy atom. The third kappa shape index (κ3) is 3.65. The van der Waals surface area contributed by atoms with E-state index < -0.39 is 5.97 Å². The first kappa shape index (κ1) is 16.2. The molecule has 0 aliphatic carbocycles. The number of carboxylic acids is 1. The minimum absolute atomic E-state index is 0.0614. The molecule has 1 amide bonds. The van der Waals surface area contributed by atoms with Crippen LogP contribution in [0, 0.1) is 0 Å². The smallest absolute Gasteiger partial charge is 0.335 e. The molecule has 1 aliphatic heterocycles. The number of nitrogens with zero attached hydrogens (tertiary/aromatic N) is 1. The van der Waals surface area contributed by atoms with Gasteiger partial charge in [-0.2, -0.15) is 0 Å². The van der Waals surface area contributed by atoms with E-state index in [2.05, 4.69) is 12.1 Å². The summed E-state index contributed by atoms with van der Waals surface area (Å²) in [6.07, 6.45) is 3.90. The van der Waals surface area contributed by atoms with E-state index in [4.69, 9.17) is 5.11 Å². The van der Waals surface area contributed by atoms with Gasteiger partial charge in [0, 0.05) is 18.2 Å². The summed E-state index contributed by atoms with van der Waals surface area (Å²) < 4.78 is 0. The molecule has 1 unspecified atom stereocenters. The van der Waals surface area contributed by atoms with E-state index in [1.165, 1.54) is 17.7 Å². The largest absolute Gasteiger partial charge is 0.478 e. The molecule has 0 radical (unpaired) electrons. The molecule has 1 fully saturated rings. The van der Waals surface area contributed by atoms with Crippen LogP contribution in [-0.2, 0) is 6.42 Å². The van der Waals surface area contributed by atoms with Crippen LogP contribution >= 0.6 is 0 Å². The van der Waals surface area contributed by atoms with Crippen molar-refractivity contribution in [2.45, 2.75) is 31.7 Å². The lowest BCUT2D eigenvalue weighted by molar-refractivity contribution is 0.0697. The molecule has 124 valence electrons. The molecular formula is C20H21NO3. The van der Waals surface area contributed by atoms with E-state index in [0.29, 0.717) is 5.56 Å². The molecule has 1 atom stereocenters. The highest BCUT2D eigenvalue weighted by atomic mass is 16.4. The molecular weight excluding hydrogens is 302 g/mol. The molecule has 0 saturated carbocycles. The lowest BCUT2D eigenvalue weighted by Crippen LogP contribution is -2.35. The van der Waals surface area contributed by atoms with E-state index in [1.54, 1.807) is 12.1 Å². The van der Waals surface area contributed by atoms with Crippen LogP contribution < -0.4 is 0 Å². The van der Waals surface area contributed by atoms with Crippen LogP contribution in [0.1, 0.15) is 45.5 Å². The van der Waals surface area contributed by atoms with Crippen LogP contribution in [-0.4, -0.2) is 34.5 Å². The van der Waals surface area contributed by atoms with Gasteiger partial charge < -0.3 is 10.0 Å². The van der Waals surface area contributed by atoms with Gasteiger partial charge in [0.15, 0.2) is 0 Å². The topological polar surface area (TPSA) is 57.6 Å². The average Bonchev–Trinajstić information content (AvgIpc) is 3.09. The number of aromatic carboxylic acids is 1. The van der Waals surface area contributed by atoms with Crippen LogP contribution in [0.25, 0.3) is 0 Å². The molecule has 0 spiro atoms. The van der Waals surface area contributed by atoms with Crippen molar-refractivity contribution in [2.24, 2.45) is 0 Å². The van der Waals surface area contributed by atoms with Gasteiger partial charge in [-0.1, -0.05) is 36.4 Å². The summed E-state index contributed by atoms with van der Waals surface area (Å²) in [4.78, 5) is 25.8. The SMILES string of the molecule is O=C(O)c1cccc(C(=O)N2CCCC2CCc2ccccc2)c1. The summed E-state index contributed by atoms with van der Waals surface area (Å²) in [6.45, 7) is 0.746. The van der Waals surface area contributed by atoms with Gasteiger partial charge >= 0.3 is 5.97 Å². The van der Waals surface area contributed by atoms with Crippen molar-refractivity contribution in [3.8, 4) is 0 Å². The molecule has 1 aliphatic rings. The van der Waals surface area contributed by atoms with Gasteiger partial charge in [-0.25, -0.2) is 4.79 Å². The molecule has 1 N–H and O–H groups in total. The van der Waals surface area contributed by atoms with Gasteiger partial charge in [-0.05, 0) is 49.4 Å². The predicted octanol–water partition coefficient (Wildman–Crippen LogP) is 3.62. The lowest BCUT2D eigenvalue weighted by atomic mass is 10.0. The van der Waals surface area contributed by atoms with Crippen LogP contribution in [0.2, 0.25) is 0 Å². The van der Waals surface area contributed by atoms with Crippen molar-refractivity contribution < 1.29 is 14.7 Å². The number of amides is 1. The first-order chi connectivity index (χ1) is 11.6. The van der Waals surface area contributed by atoms with Crippen molar-refractivity contribution in [1.82, 2.24) is 4.90 Å². The Morgan fingerprint density at radius 1 is 1.04 bits per heavy atom. The number of likely N-dealkylation sites (tertiary alicyclic amines) is 1. The van der Waals surface area contributed by atoms with Gasteiger partial charge in [0.2, 0.25) is 0 Å². The van der Waals surface area contributed by atoms with Gasteiger partial charge in [0.05, 0.1) is 5.56 Å². The number of carbonyl (C=O) groups excluding carboxylic acids is 1. The molecule has 4 nitrogen and oxygen atoms in total. The summed E-state index contributed by atoms with van der Waals surface area (Å²) in [6, 6.07) is 16.8. The summed E-state index contributed by atoms with van der Waals surface area (Å²) >= 11 is 0. The van der Waals surface area contributed by atoms with Crippen molar-refractivity contribution in [3.05, 3.63) is 71.3 Å². The highest BCUT2D eigenvalue weighted by Crippen LogP contribution is 2.24. The highest BCUT2D eigenvalue weighted by Gasteiger charge is 2.29. The summed E-state index contributed by atoms with van der Waals surface area (Å²) in [7, 11) is 0. The second-order valence-corrected chi connectivity index (χ2v) is 6.20. The minimum atomic E-state index is -1.01. The van der Waals surface area contributed by atoms with E-state index >= 15 is 0 Å². The quantitative estimate of drug-likeness (QED) is 0.914. The maximum Gasteiger partial charge on any atom is 0.335 e. The number of hydrogen-bond donors (Lipinski definition) is 1. The van der Waals surface area contributed by atoms with E-state index in [0.717, 1.165) is 32.2 Å². The monoisotopic (exact) mass is 323 g/mol. The Balaban J connectivity index is 1.69. The fourth-order valence-corrected chi connectivity index (χ4v) is 3.33. The number of carbonyl (C=O) groups is 2. The standard InChI is InChI=1S/C20H21NO3/c22-19(16-8-4-9-17(14-16)20(23)24)21-13-5-10-18(21)12-11-15-6-2-1-3-7-15/h1-4,6-9,14,18H,5,10-13H2,(H,23,24). The first-order valence-electron chi connectivity index (χ1n) is 8.33. The fraction of sp³-hybridized carbons (Fsp3) is 0.300. The molecule has 1 saturated heterocycles. The first-order valence-corrected chi connectivity index (χ1v) is 8.33. The molecule has 0 bridgehead atoms. The molecule has 4 heteroatoms. The zero-order chi connectivity index (χ0) is 16.9. The second-order valence-electron chi connectivity index (χ2n) is 6.20. The maximum absolute atomic E-state index is 12.8. The Bertz CT molecular complexity index is 727. The minimum Gasteiger partial charge on any atom is -0.478 e. The Hall–Kier alpha value is -2.62. The lowest BCUT2D eigenvalue weighted by Gasteiger charge is -2.25. The van der Waals surface area contributed by atoms with E-state index in [-0.39, 0.29) is 17.5 Å². The van der Waals surface area contributed by atoms with Gasteiger partial charge in [-0.15, -0.1) is 0 Å². The number of benzene rings is 2. The van der Waals surface area contributed by atoms with Crippen molar-refractivity contribution in [3.63, 3.8) is 0 Å². The summed E-state index contributed by atoms with van der Waals surface area (Å²) in [5, 5.41) is 9.09. The molecule has 24 heavy (non-hydrogen) atoms. The summed E-state index contributed by atoms with van der Waals surface area (Å²) in [5.74, 6) is -1.07. The van der Waals surface area contributed by atoms with Crippen molar-refractivity contribution >= 4 is 11.9 Å². The molecule has 2 aromatic rings. The zero-order valence-electron chi connectivity index (χ0n) is 13.5. The Morgan fingerprint density at radius 2 is 1.79 bits per heavy atom. The number of carboxylic acid groups (broad SMARTS) is 1. The second kappa shape index (κ2) is 7.30. The Kier molecular flexibility index (Phi) is 4.94. The zero-order valence-corrected chi connectivity index (χ0v) is 13.5. The number of hydrogen-bond acceptors (Lipinski definition) is 2. The Labute approximate surface area is 141 Å². The normalized spacial score (nSPS) is 17.0. The van der Waals surface area contributed by atoms with Crippen LogP contribution in [0.5, 0.6) is 0 Å². The van der Waals surface area contributed by atoms with Crippen LogP contribution in [0.3, 0.4) is 0 Å². The average molecular weight is 323 g/mol. The van der Waals surface area contributed by atoms with Crippen molar-refractivity contribution in [2.75, 3.05) is 6.54 Å². The predicted molar refractivity (Wildman–Crippen MR) is 92.2 cm³/mol. The van der Waals surface area contributed by atoms with Gasteiger partial charge in [0.25, 0.3) is 5.91 Å². The third-order valence-electron chi connectivity index (χ3n) is 4.60. The maximum atomic E-state index is 12.8. The third-order valence-corrected chi connectivity index (χ3v) is 4.60. The number of rotatable bonds is 5. The van der Waals surface area contributed by atoms with Gasteiger partial charge in [0.1, 0.15) is 0 Å². The van der Waals surface area contributed by atoms with Gasteiger partial charge in [-0.3, -0.25) is 4.79 Å². The van der Waals surface area contributed by atoms with Crippen molar-refractivity contribution in [1.29, 1.82) is 0 Å². The molecule has 1 heterocycles. The van der Waals surface area contributed by atoms with E-state index in [9.17, 15) is 9.59 Å². The molecule has 3 rings (SSSR count). The molecule has 2 aromatic carbocycles. The number of aryl methyl sites for hydroxylation is 1. The van der Waals surface area contributed by atoms with Crippen LogP contribution in [0.4, 0.5) is 0 Å². The van der Waals surface area contributed by atoms with E-state index in [1.807, 2.05) is 23.1 Å². The fourth-order valence-electron chi connectivity index (χ4n) is 3.33. The summed E-state index contributed by atoms with van der Waals surface area (Å²) in [5.41, 5.74) is 1.90.